The fourth-order valence-corrected chi connectivity index (χ4v) is 2.83. The van der Waals surface area contributed by atoms with Gasteiger partial charge in [0.2, 0.25) is 0 Å². The maximum atomic E-state index is 13.9. The first kappa shape index (κ1) is 12.6. The molecule has 0 saturated heterocycles. The fourth-order valence-electron chi connectivity index (χ4n) is 1.92. The van der Waals surface area contributed by atoms with E-state index in [1.165, 1.54) is 30.2 Å². The van der Waals surface area contributed by atoms with Crippen molar-refractivity contribution in [3.63, 3.8) is 0 Å². The molecule has 1 heterocycles. The molecule has 3 nitrogen and oxygen atoms in total. The number of ether oxygens (including phenoxy) is 1. The second kappa shape index (κ2) is 5.27. The molecule has 0 atom stereocenters. The summed E-state index contributed by atoms with van der Waals surface area (Å²) >= 11 is 1.51. The van der Waals surface area contributed by atoms with Crippen molar-refractivity contribution in [2.75, 3.05) is 7.11 Å². The number of methoxy groups -OCH3 is 1. The van der Waals surface area contributed by atoms with Crippen molar-refractivity contribution in [1.82, 2.24) is 10.3 Å². The summed E-state index contributed by atoms with van der Waals surface area (Å²) in [5, 5.41) is 4.10. The molecule has 1 aromatic heterocycles. The van der Waals surface area contributed by atoms with Gasteiger partial charge in [-0.05, 0) is 25.0 Å². The van der Waals surface area contributed by atoms with E-state index in [1.807, 2.05) is 0 Å². The number of halogens is 1. The highest BCUT2D eigenvalue weighted by atomic mass is 32.1. The quantitative estimate of drug-likeness (QED) is 0.912. The zero-order chi connectivity index (χ0) is 13.2. The van der Waals surface area contributed by atoms with Crippen LogP contribution < -0.4 is 10.1 Å². The number of nitrogens with zero attached hydrogens (tertiary/aromatic N) is 1. The van der Waals surface area contributed by atoms with Gasteiger partial charge in [-0.25, -0.2) is 9.37 Å². The monoisotopic (exact) mass is 278 g/mol. The minimum atomic E-state index is -0.296. The molecule has 1 N–H and O–H groups in total. The lowest BCUT2D eigenvalue weighted by molar-refractivity contribution is 0.413. The first-order valence-electron chi connectivity index (χ1n) is 6.29. The van der Waals surface area contributed by atoms with Crippen molar-refractivity contribution in [1.29, 1.82) is 0 Å². The van der Waals surface area contributed by atoms with Gasteiger partial charge in [0.1, 0.15) is 16.6 Å². The first-order chi connectivity index (χ1) is 9.28. The van der Waals surface area contributed by atoms with Crippen LogP contribution in [0.2, 0.25) is 0 Å². The van der Waals surface area contributed by atoms with Gasteiger partial charge in [-0.3, -0.25) is 0 Å². The normalized spacial score (nSPS) is 14.6. The standard InChI is InChI=1S/C14H15FN2OS/c1-18-12-4-2-3-11(15)13(12)14-17-8-10(19-14)7-16-9-5-6-9/h2-4,8-9,16H,5-7H2,1H3. The summed E-state index contributed by atoms with van der Waals surface area (Å²) in [4.78, 5) is 5.43. The molecule has 19 heavy (non-hydrogen) atoms. The Balaban J connectivity index is 1.84. The zero-order valence-electron chi connectivity index (χ0n) is 10.6. The molecule has 5 heteroatoms. The first-order valence-corrected chi connectivity index (χ1v) is 7.10. The van der Waals surface area contributed by atoms with Gasteiger partial charge >= 0.3 is 0 Å². The third-order valence-electron chi connectivity index (χ3n) is 3.11. The Morgan fingerprint density at radius 2 is 2.32 bits per heavy atom. The summed E-state index contributed by atoms with van der Waals surface area (Å²) in [6.45, 7) is 0.805. The van der Waals surface area contributed by atoms with Gasteiger partial charge in [0.15, 0.2) is 0 Å². The van der Waals surface area contributed by atoms with Crippen molar-refractivity contribution in [3.05, 3.63) is 35.1 Å². The number of rotatable bonds is 5. The van der Waals surface area contributed by atoms with E-state index < -0.39 is 0 Å². The molecule has 100 valence electrons. The summed E-state index contributed by atoms with van der Waals surface area (Å²) in [5.74, 6) is 0.228. The number of nitrogens with one attached hydrogen (secondary N) is 1. The topological polar surface area (TPSA) is 34.1 Å². The van der Waals surface area contributed by atoms with Crippen LogP contribution in [0.25, 0.3) is 10.6 Å². The molecular weight excluding hydrogens is 263 g/mol. The summed E-state index contributed by atoms with van der Waals surface area (Å²) in [6.07, 6.45) is 4.32. The molecule has 0 unspecified atom stereocenters. The van der Waals surface area contributed by atoms with Crippen LogP contribution in [0, 0.1) is 5.82 Å². The van der Waals surface area contributed by atoms with Crippen molar-refractivity contribution in [2.45, 2.75) is 25.4 Å². The van der Waals surface area contributed by atoms with Gasteiger partial charge < -0.3 is 10.1 Å². The van der Waals surface area contributed by atoms with Gasteiger partial charge in [0.05, 0.1) is 12.7 Å². The molecule has 0 radical (unpaired) electrons. The predicted molar refractivity (Wildman–Crippen MR) is 73.9 cm³/mol. The molecule has 1 saturated carbocycles. The van der Waals surface area contributed by atoms with Crippen LogP contribution in [0.5, 0.6) is 5.75 Å². The molecule has 0 amide bonds. The van der Waals surface area contributed by atoms with E-state index in [0.29, 0.717) is 22.4 Å². The van der Waals surface area contributed by atoms with Crippen LogP contribution in [0.3, 0.4) is 0 Å². The maximum absolute atomic E-state index is 13.9. The molecular formula is C14H15FN2OS. The lowest BCUT2D eigenvalue weighted by Gasteiger charge is -2.06. The van der Waals surface area contributed by atoms with Crippen LogP contribution in [-0.4, -0.2) is 18.1 Å². The molecule has 3 rings (SSSR count). The van der Waals surface area contributed by atoms with Gasteiger partial charge in [0.25, 0.3) is 0 Å². The Hall–Kier alpha value is -1.46. The van der Waals surface area contributed by atoms with E-state index in [0.717, 1.165) is 11.4 Å². The SMILES string of the molecule is COc1cccc(F)c1-c1ncc(CNC2CC2)s1. The Morgan fingerprint density at radius 1 is 1.47 bits per heavy atom. The van der Waals surface area contributed by atoms with Crippen molar-refractivity contribution in [3.8, 4) is 16.3 Å². The van der Waals surface area contributed by atoms with E-state index >= 15 is 0 Å². The number of benzene rings is 1. The highest BCUT2D eigenvalue weighted by Crippen LogP contribution is 2.35. The Bertz CT molecular complexity index is 581. The van der Waals surface area contributed by atoms with Crippen molar-refractivity contribution >= 4 is 11.3 Å². The highest BCUT2D eigenvalue weighted by Gasteiger charge is 2.21. The second-order valence-corrected chi connectivity index (χ2v) is 5.72. The molecule has 0 spiro atoms. The third kappa shape index (κ3) is 2.77. The zero-order valence-corrected chi connectivity index (χ0v) is 11.5. The molecule has 0 aliphatic heterocycles. The van der Waals surface area contributed by atoms with Gasteiger partial charge in [-0.2, -0.15) is 0 Å². The van der Waals surface area contributed by atoms with E-state index in [1.54, 1.807) is 25.4 Å². The summed E-state index contributed by atoms with van der Waals surface area (Å²) in [5.41, 5.74) is 0.452. The molecule has 0 bridgehead atoms. The van der Waals surface area contributed by atoms with Crippen LogP contribution in [-0.2, 0) is 6.54 Å². The molecule has 1 fully saturated rings. The minimum Gasteiger partial charge on any atom is -0.496 e. The van der Waals surface area contributed by atoms with Crippen LogP contribution >= 0.6 is 11.3 Å². The van der Waals surface area contributed by atoms with E-state index in [-0.39, 0.29) is 5.82 Å². The average molecular weight is 278 g/mol. The lowest BCUT2D eigenvalue weighted by Crippen LogP contribution is -2.14. The molecule has 1 aromatic carbocycles. The molecule has 1 aliphatic rings. The Kier molecular flexibility index (Phi) is 3.48. The minimum absolute atomic E-state index is 0.296. The maximum Gasteiger partial charge on any atom is 0.137 e. The van der Waals surface area contributed by atoms with Crippen LogP contribution in [0.1, 0.15) is 17.7 Å². The predicted octanol–water partition coefficient (Wildman–Crippen LogP) is 3.21. The number of hydrogen-bond donors (Lipinski definition) is 1. The van der Waals surface area contributed by atoms with Gasteiger partial charge in [-0.15, -0.1) is 11.3 Å². The number of aromatic nitrogens is 1. The summed E-state index contributed by atoms with van der Waals surface area (Å²) in [6, 6.07) is 5.48. The smallest absolute Gasteiger partial charge is 0.137 e. The van der Waals surface area contributed by atoms with Gasteiger partial charge in [0, 0.05) is 23.7 Å². The second-order valence-electron chi connectivity index (χ2n) is 4.60. The third-order valence-corrected chi connectivity index (χ3v) is 4.12. The van der Waals surface area contributed by atoms with Crippen molar-refractivity contribution < 1.29 is 9.13 Å². The average Bonchev–Trinajstić information content (AvgIpc) is 3.14. The van der Waals surface area contributed by atoms with Gasteiger partial charge in [-0.1, -0.05) is 6.07 Å². The molecule has 1 aliphatic carbocycles. The van der Waals surface area contributed by atoms with Crippen LogP contribution in [0.4, 0.5) is 4.39 Å². The van der Waals surface area contributed by atoms with Crippen LogP contribution in [0.15, 0.2) is 24.4 Å². The van der Waals surface area contributed by atoms with Crippen molar-refractivity contribution in [2.24, 2.45) is 0 Å². The summed E-state index contributed by atoms with van der Waals surface area (Å²) in [7, 11) is 1.54. The fraction of sp³-hybridized carbons (Fsp3) is 0.357. The largest absolute Gasteiger partial charge is 0.496 e. The van der Waals surface area contributed by atoms with E-state index in [9.17, 15) is 4.39 Å². The van der Waals surface area contributed by atoms with E-state index in [4.69, 9.17) is 4.74 Å². The lowest BCUT2D eigenvalue weighted by atomic mass is 10.2. The van der Waals surface area contributed by atoms with E-state index in [2.05, 4.69) is 10.3 Å². The molecule has 2 aromatic rings. The Morgan fingerprint density at radius 3 is 3.05 bits per heavy atom. The number of hydrogen-bond acceptors (Lipinski definition) is 4. The highest BCUT2D eigenvalue weighted by molar-refractivity contribution is 7.15. The number of thiazole rings is 1. The summed E-state index contributed by atoms with van der Waals surface area (Å²) < 4.78 is 19.1. The Labute approximate surface area is 115 Å².